The summed E-state index contributed by atoms with van der Waals surface area (Å²) in [7, 11) is 0. The van der Waals surface area contributed by atoms with Crippen molar-refractivity contribution in [1.29, 1.82) is 0 Å². The van der Waals surface area contributed by atoms with Crippen molar-refractivity contribution in [3.8, 4) is 5.75 Å². The minimum atomic E-state index is 0.00993. The van der Waals surface area contributed by atoms with Crippen LogP contribution < -0.4 is 4.74 Å². The molecule has 0 N–H and O–H groups in total. The summed E-state index contributed by atoms with van der Waals surface area (Å²) in [5.74, 6) is 0.834. The molecule has 0 bridgehead atoms. The molecule has 6 heteroatoms. The number of thiophene rings is 1. The van der Waals surface area contributed by atoms with E-state index in [4.69, 9.17) is 27.9 Å². The lowest BCUT2D eigenvalue weighted by atomic mass is 10.1. The van der Waals surface area contributed by atoms with Gasteiger partial charge in [-0.2, -0.15) is 0 Å². The van der Waals surface area contributed by atoms with Crippen molar-refractivity contribution >= 4 is 66.4 Å². The molecular weight excluding hydrogens is 435 g/mol. The fourth-order valence-corrected chi connectivity index (χ4v) is 4.63. The summed E-state index contributed by atoms with van der Waals surface area (Å²) in [4.78, 5) is 0.00993. The number of benzene rings is 1. The Hall–Kier alpha value is 0.260. The monoisotopic (exact) mass is 442 g/mol. The molecule has 0 spiro atoms. The lowest BCUT2D eigenvalue weighted by molar-refractivity contribution is 0.338. The molecule has 1 nitrogen and oxygen atoms in total. The highest BCUT2D eigenvalue weighted by Gasteiger charge is 2.17. The molecule has 0 saturated carbocycles. The molecule has 19 heavy (non-hydrogen) atoms. The van der Waals surface area contributed by atoms with Crippen molar-refractivity contribution in [2.24, 2.45) is 0 Å². The van der Waals surface area contributed by atoms with Gasteiger partial charge in [0.05, 0.1) is 24.6 Å². The van der Waals surface area contributed by atoms with E-state index in [1.165, 1.54) is 11.3 Å². The van der Waals surface area contributed by atoms with Crippen molar-refractivity contribution in [3.05, 3.63) is 48.5 Å². The van der Waals surface area contributed by atoms with Crippen LogP contribution in [0.4, 0.5) is 0 Å². The highest BCUT2D eigenvalue weighted by Crippen LogP contribution is 2.42. The van der Waals surface area contributed by atoms with Crippen LogP contribution in [0.3, 0.4) is 0 Å². The summed E-state index contributed by atoms with van der Waals surface area (Å²) in [6, 6.07) is 7.86. The summed E-state index contributed by atoms with van der Waals surface area (Å²) in [5, 5.41) is 0. The zero-order valence-corrected chi connectivity index (χ0v) is 15.4. The van der Waals surface area contributed by atoms with Gasteiger partial charge in [0.1, 0.15) is 5.75 Å². The summed E-state index contributed by atoms with van der Waals surface area (Å²) in [5.41, 5.74) is 2.07. The normalized spacial score (nSPS) is 12.5. The van der Waals surface area contributed by atoms with Gasteiger partial charge in [0.25, 0.3) is 0 Å². The Morgan fingerprint density at radius 3 is 2.58 bits per heavy atom. The molecule has 0 saturated heterocycles. The standard InChI is InChI=1S/C13H10Br2Cl2OS/c1-2-18-10-4-3-7(5-9(10)14)12(15)8-6-11(16)19-13(8)17/h3-6,12H,2H2,1H3. The third-order valence-corrected chi connectivity index (χ3v) is 5.66. The molecule has 2 aromatic rings. The van der Waals surface area contributed by atoms with Crippen LogP contribution in [-0.4, -0.2) is 6.61 Å². The Morgan fingerprint density at radius 1 is 1.32 bits per heavy atom. The predicted molar refractivity (Wildman–Crippen MR) is 90.4 cm³/mol. The molecule has 0 aliphatic carbocycles. The fraction of sp³-hybridized carbons (Fsp3) is 0.231. The zero-order chi connectivity index (χ0) is 14.0. The predicted octanol–water partition coefficient (Wildman–Crippen LogP) is 6.70. The first-order chi connectivity index (χ1) is 9.02. The summed E-state index contributed by atoms with van der Waals surface area (Å²) in [6.45, 7) is 2.60. The van der Waals surface area contributed by atoms with Gasteiger partial charge in [-0.05, 0) is 46.6 Å². The molecule has 1 unspecified atom stereocenters. The van der Waals surface area contributed by atoms with E-state index in [9.17, 15) is 0 Å². The number of ether oxygens (including phenoxy) is 1. The second-order valence-electron chi connectivity index (χ2n) is 3.76. The fourth-order valence-electron chi connectivity index (χ4n) is 1.65. The first-order valence-corrected chi connectivity index (χ1v) is 8.82. The average Bonchev–Trinajstić information content (AvgIpc) is 2.70. The maximum atomic E-state index is 6.18. The molecule has 1 aromatic heterocycles. The number of hydrogen-bond acceptors (Lipinski definition) is 2. The average molecular weight is 445 g/mol. The van der Waals surface area contributed by atoms with E-state index in [-0.39, 0.29) is 4.83 Å². The van der Waals surface area contributed by atoms with Crippen LogP contribution in [0.2, 0.25) is 8.67 Å². The Kier molecular flexibility index (Phi) is 5.61. The van der Waals surface area contributed by atoms with Gasteiger partial charge in [-0.1, -0.05) is 45.2 Å². The van der Waals surface area contributed by atoms with Gasteiger partial charge >= 0.3 is 0 Å². The molecule has 102 valence electrons. The SMILES string of the molecule is CCOc1ccc(C(Br)c2cc(Cl)sc2Cl)cc1Br. The Morgan fingerprint density at radius 2 is 2.05 bits per heavy atom. The molecule has 2 rings (SSSR count). The van der Waals surface area contributed by atoms with Crippen LogP contribution in [0.25, 0.3) is 0 Å². The summed E-state index contributed by atoms with van der Waals surface area (Å²) >= 11 is 20.7. The molecule has 0 radical (unpaired) electrons. The Bertz CT molecular complexity index is 586. The van der Waals surface area contributed by atoms with E-state index in [0.29, 0.717) is 15.3 Å². The molecule has 1 atom stereocenters. The van der Waals surface area contributed by atoms with E-state index < -0.39 is 0 Å². The minimum Gasteiger partial charge on any atom is -0.493 e. The van der Waals surface area contributed by atoms with Crippen molar-refractivity contribution in [2.75, 3.05) is 6.61 Å². The molecule has 0 aliphatic rings. The minimum absolute atomic E-state index is 0.00993. The third kappa shape index (κ3) is 3.67. The topological polar surface area (TPSA) is 9.23 Å². The number of halogens is 4. The van der Waals surface area contributed by atoms with Gasteiger partial charge in [-0.25, -0.2) is 0 Å². The summed E-state index contributed by atoms with van der Waals surface area (Å²) < 4.78 is 7.82. The first-order valence-electron chi connectivity index (χ1n) is 5.54. The van der Waals surface area contributed by atoms with Crippen LogP contribution in [-0.2, 0) is 0 Å². The summed E-state index contributed by atoms with van der Waals surface area (Å²) in [6.07, 6.45) is 0. The van der Waals surface area contributed by atoms with Gasteiger partial charge in [0, 0.05) is 5.56 Å². The molecular formula is C13H10Br2Cl2OS. The number of alkyl halides is 1. The Balaban J connectivity index is 2.31. The molecule has 1 heterocycles. The Labute approximate surface area is 143 Å². The highest BCUT2D eigenvalue weighted by molar-refractivity contribution is 9.10. The zero-order valence-electron chi connectivity index (χ0n) is 9.92. The molecule has 0 fully saturated rings. The van der Waals surface area contributed by atoms with Crippen molar-refractivity contribution in [1.82, 2.24) is 0 Å². The van der Waals surface area contributed by atoms with Crippen LogP contribution in [0.1, 0.15) is 22.9 Å². The van der Waals surface area contributed by atoms with Gasteiger partial charge < -0.3 is 4.74 Å². The third-order valence-electron chi connectivity index (χ3n) is 2.50. The largest absolute Gasteiger partial charge is 0.493 e. The molecule has 0 aliphatic heterocycles. The highest BCUT2D eigenvalue weighted by atomic mass is 79.9. The van der Waals surface area contributed by atoms with Crippen LogP contribution in [0, 0.1) is 0 Å². The van der Waals surface area contributed by atoms with E-state index in [0.717, 1.165) is 21.3 Å². The van der Waals surface area contributed by atoms with Crippen LogP contribution in [0.15, 0.2) is 28.7 Å². The lowest BCUT2D eigenvalue weighted by Gasteiger charge is -2.12. The maximum absolute atomic E-state index is 6.18. The van der Waals surface area contributed by atoms with Crippen molar-refractivity contribution in [3.63, 3.8) is 0 Å². The van der Waals surface area contributed by atoms with Gasteiger partial charge in [0.2, 0.25) is 0 Å². The van der Waals surface area contributed by atoms with Crippen LogP contribution in [0.5, 0.6) is 5.75 Å². The second-order valence-corrected chi connectivity index (χ2v) is 7.82. The number of hydrogen-bond donors (Lipinski definition) is 0. The van der Waals surface area contributed by atoms with E-state index in [1.54, 1.807) is 0 Å². The van der Waals surface area contributed by atoms with Gasteiger partial charge in [0.15, 0.2) is 0 Å². The maximum Gasteiger partial charge on any atom is 0.133 e. The van der Waals surface area contributed by atoms with E-state index in [2.05, 4.69) is 31.9 Å². The molecule has 1 aromatic carbocycles. The van der Waals surface area contributed by atoms with Gasteiger partial charge in [-0.15, -0.1) is 11.3 Å². The molecule has 0 amide bonds. The smallest absolute Gasteiger partial charge is 0.133 e. The lowest BCUT2D eigenvalue weighted by Crippen LogP contribution is -1.95. The number of rotatable bonds is 4. The van der Waals surface area contributed by atoms with Crippen molar-refractivity contribution in [2.45, 2.75) is 11.8 Å². The second kappa shape index (κ2) is 6.81. The quantitative estimate of drug-likeness (QED) is 0.476. The van der Waals surface area contributed by atoms with Gasteiger partial charge in [-0.3, -0.25) is 0 Å². The first kappa shape index (κ1) is 15.6. The van der Waals surface area contributed by atoms with Crippen LogP contribution >= 0.6 is 66.4 Å². The van der Waals surface area contributed by atoms with E-state index >= 15 is 0 Å². The van der Waals surface area contributed by atoms with E-state index in [1.807, 2.05) is 31.2 Å². The van der Waals surface area contributed by atoms with Crippen molar-refractivity contribution < 1.29 is 4.74 Å².